The Hall–Kier alpha value is -2.44. The Kier molecular flexibility index (Phi) is 14.6. The van der Waals surface area contributed by atoms with Gasteiger partial charge in [0.1, 0.15) is 0 Å². The van der Waals surface area contributed by atoms with E-state index in [1.807, 2.05) is 0 Å². The molecule has 47 heavy (non-hydrogen) atoms. The van der Waals surface area contributed by atoms with Gasteiger partial charge in [-0.25, -0.2) is 11.1 Å². The molecule has 1 unspecified atom stereocenters. The second kappa shape index (κ2) is 16.8. The number of fused-ring (bicyclic) bond motifs is 3. The predicted octanol–water partition coefficient (Wildman–Crippen LogP) is 6.07. The molecule has 6 rings (SSSR count). The third-order valence-corrected chi connectivity index (χ3v) is 10.1. The molecule has 0 radical (unpaired) electrons. The Morgan fingerprint density at radius 2 is 1.00 bits per heavy atom. The van der Waals surface area contributed by atoms with Crippen molar-refractivity contribution in [3.63, 3.8) is 0 Å². The van der Waals surface area contributed by atoms with Crippen LogP contribution in [0.2, 0.25) is 0 Å². The molecule has 5 aromatic rings. The average molecular weight is 741 g/mol. The smallest absolute Gasteiger partial charge is 1.00 e. The molecular formula is C44H50Cl2Zr-2. The van der Waals surface area contributed by atoms with Gasteiger partial charge in [-0.1, -0.05) is 96.7 Å². The summed E-state index contributed by atoms with van der Waals surface area (Å²) in [5.74, 6) is 0.551. The molecule has 0 aliphatic heterocycles. The molecule has 0 nitrogen and oxygen atoms in total. The minimum Gasteiger partial charge on any atom is -1.00 e. The SMILES string of the molecule is CC(C)(C)c1ccc2c(c1)[cH-]c1cc(C(C)(C)C)ccc12.CC1=[C-]C(C)C=C1C.Cc1ccc([C](=[Zr+2])c2ccc(C)cc2)cc1.[Cl-].[Cl-]. The van der Waals surface area contributed by atoms with Crippen LogP contribution in [-0.2, 0) is 35.1 Å². The summed E-state index contributed by atoms with van der Waals surface area (Å²) in [4.78, 5) is 0. The van der Waals surface area contributed by atoms with Gasteiger partial charge in [0, 0.05) is 0 Å². The van der Waals surface area contributed by atoms with Crippen molar-refractivity contribution in [2.45, 2.75) is 87.0 Å². The summed E-state index contributed by atoms with van der Waals surface area (Å²) >= 11 is 1.46. The van der Waals surface area contributed by atoms with E-state index in [1.54, 1.807) is 0 Å². The number of allylic oxidation sites excluding steroid dienone is 4. The Balaban J connectivity index is 0.000000262. The molecule has 0 fully saturated rings. The summed E-state index contributed by atoms with van der Waals surface area (Å²) in [6.45, 7) is 24.3. The fourth-order valence-corrected chi connectivity index (χ4v) is 6.38. The van der Waals surface area contributed by atoms with Crippen LogP contribution in [0.5, 0.6) is 0 Å². The van der Waals surface area contributed by atoms with Crippen LogP contribution in [0.3, 0.4) is 0 Å². The van der Waals surface area contributed by atoms with E-state index >= 15 is 0 Å². The molecule has 0 amide bonds. The van der Waals surface area contributed by atoms with Crippen molar-refractivity contribution in [3.05, 3.63) is 148 Å². The second-order valence-corrected chi connectivity index (χ2v) is 16.0. The number of hydrogen-bond donors (Lipinski definition) is 0. The van der Waals surface area contributed by atoms with Gasteiger partial charge in [0.2, 0.25) is 0 Å². The summed E-state index contributed by atoms with van der Waals surface area (Å²) < 4.78 is 1.42. The molecule has 1 aliphatic rings. The van der Waals surface area contributed by atoms with Crippen molar-refractivity contribution in [1.82, 2.24) is 0 Å². The molecule has 246 valence electrons. The molecule has 0 bridgehead atoms. The van der Waals surface area contributed by atoms with Gasteiger partial charge in [-0.15, -0.1) is 46.7 Å². The Morgan fingerprint density at radius 1 is 0.617 bits per heavy atom. The minimum atomic E-state index is 0. The fourth-order valence-electron chi connectivity index (χ4n) is 5.56. The number of hydrogen-bond acceptors (Lipinski definition) is 0. The van der Waals surface area contributed by atoms with Crippen molar-refractivity contribution in [1.29, 1.82) is 0 Å². The van der Waals surface area contributed by atoms with E-state index in [-0.39, 0.29) is 35.6 Å². The van der Waals surface area contributed by atoms with E-state index in [2.05, 4.69) is 179 Å². The number of rotatable bonds is 2. The number of benzene rings is 4. The van der Waals surface area contributed by atoms with Crippen LogP contribution in [0, 0.1) is 25.8 Å². The minimum absolute atomic E-state index is 0. The monoisotopic (exact) mass is 738 g/mol. The third kappa shape index (κ3) is 10.8. The maximum Gasteiger partial charge on any atom is -1.00 e. The zero-order valence-electron chi connectivity index (χ0n) is 30.1. The Morgan fingerprint density at radius 3 is 1.28 bits per heavy atom. The first-order chi connectivity index (χ1) is 21.0. The summed E-state index contributed by atoms with van der Waals surface area (Å²) in [5, 5.41) is 5.48. The quantitative estimate of drug-likeness (QED) is 0.193. The maximum absolute atomic E-state index is 3.29. The van der Waals surface area contributed by atoms with Gasteiger partial charge in [-0.3, -0.25) is 6.08 Å². The van der Waals surface area contributed by atoms with Crippen molar-refractivity contribution in [2.24, 2.45) is 5.92 Å². The van der Waals surface area contributed by atoms with Crippen LogP contribution >= 0.6 is 0 Å². The molecular weight excluding hydrogens is 691 g/mol. The van der Waals surface area contributed by atoms with Gasteiger partial charge < -0.3 is 24.8 Å². The largest absolute Gasteiger partial charge is 1.00 e. The molecule has 0 spiro atoms. The van der Waals surface area contributed by atoms with Crippen LogP contribution in [0.25, 0.3) is 21.5 Å². The van der Waals surface area contributed by atoms with E-state index in [4.69, 9.17) is 0 Å². The van der Waals surface area contributed by atoms with E-state index < -0.39 is 0 Å². The molecule has 3 heteroatoms. The fraction of sp³-hybridized carbons (Fsp3) is 0.318. The number of aryl methyl sites for hydroxylation is 2. The molecule has 0 saturated heterocycles. The zero-order valence-corrected chi connectivity index (χ0v) is 34.0. The topological polar surface area (TPSA) is 0 Å². The normalized spacial score (nSPS) is 14.1. The van der Waals surface area contributed by atoms with Gasteiger partial charge in [-0.2, -0.15) is 6.08 Å². The first-order valence-corrected chi connectivity index (χ1v) is 17.4. The van der Waals surface area contributed by atoms with E-state index in [1.165, 1.54) is 93.5 Å². The molecule has 1 atom stereocenters. The summed E-state index contributed by atoms with van der Waals surface area (Å²) in [6, 6.07) is 33.7. The average Bonchev–Trinajstić information content (AvgIpc) is 3.49. The van der Waals surface area contributed by atoms with Crippen LogP contribution in [0.15, 0.2) is 108 Å². The van der Waals surface area contributed by atoms with E-state index in [9.17, 15) is 0 Å². The van der Waals surface area contributed by atoms with Gasteiger partial charge in [0.15, 0.2) is 0 Å². The summed E-state index contributed by atoms with van der Waals surface area (Å²) in [6.07, 6.45) is 5.52. The molecule has 0 saturated carbocycles. The first kappa shape index (κ1) is 40.7. The van der Waals surface area contributed by atoms with Crippen LogP contribution in [0.4, 0.5) is 0 Å². The molecule has 0 heterocycles. The Labute approximate surface area is 312 Å². The van der Waals surface area contributed by atoms with Crippen LogP contribution in [-0.4, -0.2) is 3.21 Å². The first-order valence-electron chi connectivity index (χ1n) is 16.2. The molecule has 0 aromatic heterocycles. The van der Waals surface area contributed by atoms with Crippen molar-refractivity contribution in [2.75, 3.05) is 0 Å². The van der Waals surface area contributed by atoms with E-state index in [0.29, 0.717) is 5.92 Å². The van der Waals surface area contributed by atoms with Crippen molar-refractivity contribution >= 4 is 24.8 Å². The molecule has 1 aliphatic carbocycles. The predicted molar refractivity (Wildman–Crippen MR) is 195 cm³/mol. The van der Waals surface area contributed by atoms with Gasteiger partial charge in [-0.05, 0) is 10.8 Å². The summed E-state index contributed by atoms with van der Waals surface area (Å²) in [7, 11) is 0. The third-order valence-electron chi connectivity index (χ3n) is 8.65. The van der Waals surface area contributed by atoms with Gasteiger partial charge in [0.25, 0.3) is 0 Å². The van der Waals surface area contributed by atoms with Crippen LogP contribution in [0.1, 0.15) is 95.7 Å². The van der Waals surface area contributed by atoms with Crippen LogP contribution < -0.4 is 24.8 Å². The van der Waals surface area contributed by atoms with Gasteiger partial charge >= 0.3 is 112 Å². The van der Waals surface area contributed by atoms with Crippen molar-refractivity contribution in [3.8, 4) is 0 Å². The standard InChI is InChI=1S/C21H25.C15H14.C8H11.2ClH.Zr/c1-20(2,3)16-7-9-18-14(12-16)11-15-13-17(21(4,5)6)8-10-19(15)18;1-12-3-7-14(8-4-12)11-15-9-5-13(2)6-10-15;1-6-4-7(2)8(3)5-6;;;/h7-13H,1-6H3;3-10H,1-2H3;4,6H,1-3H3;2*1H;/q-1;;-1;;;+2/p-2. The zero-order chi connectivity index (χ0) is 33.1. The molecule has 0 N–H and O–H groups in total. The Bertz CT molecular complexity index is 1720. The van der Waals surface area contributed by atoms with E-state index in [0.717, 1.165) is 0 Å². The maximum atomic E-state index is 3.29. The van der Waals surface area contributed by atoms with Gasteiger partial charge in [0.05, 0.1) is 0 Å². The summed E-state index contributed by atoms with van der Waals surface area (Å²) in [5.41, 5.74) is 11.2. The van der Waals surface area contributed by atoms with Crippen molar-refractivity contribution < 1.29 is 49.0 Å². The molecule has 5 aromatic carbocycles. The number of halogens is 2. The second-order valence-electron chi connectivity index (χ2n) is 14.8.